The summed E-state index contributed by atoms with van der Waals surface area (Å²) in [6, 6.07) is 13.3. The molecule has 0 heterocycles. The summed E-state index contributed by atoms with van der Waals surface area (Å²) in [6.45, 7) is 8.28. The van der Waals surface area contributed by atoms with E-state index in [0.717, 1.165) is 38.2 Å². The Labute approximate surface area is 128 Å². The van der Waals surface area contributed by atoms with Crippen LogP contribution in [-0.4, -0.2) is 12.6 Å². The van der Waals surface area contributed by atoms with Gasteiger partial charge in [0.05, 0.1) is 6.61 Å². The Bertz CT molecular complexity index is 564. The van der Waals surface area contributed by atoms with Gasteiger partial charge in [0.2, 0.25) is 0 Å². The third-order valence-corrected chi connectivity index (χ3v) is 3.99. The van der Waals surface area contributed by atoms with Crippen LogP contribution in [0.2, 0.25) is 0 Å². The molecule has 0 bridgehead atoms. The summed E-state index contributed by atoms with van der Waals surface area (Å²) in [6.07, 6.45) is 3.40. The number of benzene rings is 2. The van der Waals surface area contributed by atoms with Crippen LogP contribution in [0, 0.1) is 0 Å². The summed E-state index contributed by atoms with van der Waals surface area (Å²) < 4.78 is 6.01. The SMILES string of the molecule is CCCCOc1ccc2ccccc2c1CNC(C)CC. The maximum Gasteiger partial charge on any atom is 0.124 e. The minimum absolute atomic E-state index is 0.521. The zero-order valence-corrected chi connectivity index (χ0v) is 13.5. The van der Waals surface area contributed by atoms with E-state index in [2.05, 4.69) is 62.5 Å². The summed E-state index contributed by atoms with van der Waals surface area (Å²) in [4.78, 5) is 0. The van der Waals surface area contributed by atoms with Gasteiger partial charge in [0, 0.05) is 18.2 Å². The van der Waals surface area contributed by atoms with Gasteiger partial charge in [-0.2, -0.15) is 0 Å². The second kappa shape index (κ2) is 8.04. The first-order valence-corrected chi connectivity index (χ1v) is 8.13. The summed E-state index contributed by atoms with van der Waals surface area (Å²) >= 11 is 0. The molecule has 0 aliphatic carbocycles. The molecule has 0 amide bonds. The van der Waals surface area contributed by atoms with Gasteiger partial charge in [-0.25, -0.2) is 0 Å². The molecule has 21 heavy (non-hydrogen) atoms. The van der Waals surface area contributed by atoms with Crippen LogP contribution in [0.25, 0.3) is 10.8 Å². The Morgan fingerprint density at radius 2 is 1.90 bits per heavy atom. The number of nitrogens with one attached hydrogen (secondary N) is 1. The molecule has 0 aliphatic rings. The van der Waals surface area contributed by atoms with Crippen LogP contribution in [0.5, 0.6) is 5.75 Å². The first kappa shape index (κ1) is 15.8. The zero-order chi connectivity index (χ0) is 15.1. The van der Waals surface area contributed by atoms with Crippen molar-refractivity contribution in [3.8, 4) is 5.75 Å². The quantitative estimate of drug-likeness (QED) is 0.696. The topological polar surface area (TPSA) is 21.3 Å². The van der Waals surface area contributed by atoms with Crippen molar-refractivity contribution >= 4 is 10.8 Å². The molecule has 1 atom stereocenters. The molecule has 0 spiro atoms. The molecule has 2 heteroatoms. The number of hydrogen-bond donors (Lipinski definition) is 1. The highest BCUT2D eigenvalue weighted by Crippen LogP contribution is 2.28. The largest absolute Gasteiger partial charge is 0.493 e. The van der Waals surface area contributed by atoms with Gasteiger partial charge in [-0.3, -0.25) is 0 Å². The lowest BCUT2D eigenvalue weighted by molar-refractivity contribution is 0.305. The van der Waals surface area contributed by atoms with E-state index in [1.54, 1.807) is 0 Å². The molecule has 0 aromatic heterocycles. The maximum absolute atomic E-state index is 6.01. The average molecular weight is 285 g/mol. The molecule has 1 N–H and O–H groups in total. The zero-order valence-electron chi connectivity index (χ0n) is 13.5. The lowest BCUT2D eigenvalue weighted by Gasteiger charge is -2.17. The van der Waals surface area contributed by atoms with Gasteiger partial charge >= 0.3 is 0 Å². The minimum Gasteiger partial charge on any atom is -0.493 e. The van der Waals surface area contributed by atoms with E-state index in [9.17, 15) is 0 Å². The van der Waals surface area contributed by atoms with Crippen molar-refractivity contribution in [3.05, 3.63) is 42.0 Å². The molecule has 0 saturated heterocycles. The molecule has 0 aliphatic heterocycles. The van der Waals surface area contributed by atoms with Crippen molar-refractivity contribution in [2.24, 2.45) is 0 Å². The Kier molecular flexibility index (Phi) is 6.06. The van der Waals surface area contributed by atoms with Gasteiger partial charge in [-0.15, -0.1) is 0 Å². The van der Waals surface area contributed by atoms with Crippen LogP contribution < -0.4 is 10.1 Å². The molecular formula is C19H27NO. The Hall–Kier alpha value is -1.54. The van der Waals surface area contributed by atoms with Gasteiger partial charge in [-0.1, -0.05) is 50.6 Å². The first-order valence-electron chi connectivity index (χ1n) is 8.13. The summed E-state index contributed by atoms with van der Waals surface area (Å²) in [7, 11) is 0. The number of unbranched alkanes of at least 4 members (excludes halogenated alkanes) is 1. The van der Waals surface area contributed by atoms with E-state index in [0.29, 0.717) is 6.04 Å². The van der Waals surface area contributed by atoms with Crippen LogP contribution in [0.4, 0.5) is 0 Å². The minimum atomic E-state index is 0.521. The van der Waals surface area contributed by atoms with Crippen LogP contribution in [0.15, 0.2) is 36.4 Å². The molecule has 2 rings (SSSR count). The third-order valence-electron chi connectivity index (χ3n) is 3.99. The predicted octanol–water partition coefficient (Wildman–Crippen LogP) is 4.91. The van der Waals surface area contributed by atoms with E-state index in [1.807, 2.05) is 0 Å². The Balaban J connectivity index is 2.27. The second-order valence-corrected chi connectivity index (χ2v) is 5.66. The van der Waals surface area contributed by atoms with Gasteiger partial charge in [0.25, 0.3) is 0 Å². The van der Waals surface area contributed by atoms with Crippen molar-refractivity contribution in [1.82, 2.24) is 5.32 Å². The van der Waals surface area contributed by atoms with Crippen molar-refractivity contribution in [2.75, 3.05) is 6.61 Å². The third kappa shape index (κ3) is 4.21. The molecular weight excluding hydrogens is 258 g/mol. The van der Waals surface area contributed by atoms with Crippen molar-refractivity contribution < 1.29 is 4.74 Å². The average Bonchev–Trinajstić information content (AvgIpc) is 2.53. The summed E-state index contributed by atoms with van der Waals surface area (Å²) in [5.41, 5.74) is 1.28. The summed E-state index contributed by atoms with van der Waals surface area (Å²) in [5, 5.41) is 6.16. The first-order chi connectivity index (χ1) is 10.3. The lowest BCUT2D eigenvalue weighted by Crippen LogP contribution is -2.24. The van der Waals surface area contributed by atoms with Crippen molar-refractivity contribution in [2.45, 2.75) is 52.6 Å². The Morgan fingerprint density at radius 3 is 2.67 bits per heavy atom. The highest BCUT2D eigenvalue weighted by Gasteiger charge is 2.09. The number of rotatable bonds is 8. The van der Waals surface area contributed by atoms with Crippen LogP contribution >= 0.6 is 0 Å². The molecule has 0 fully saturated rings. The second-order valence-electron chi connectivity index (χ2n) is 5.66. The summed E-state index contributed by atoms with van der Waals surface area (Å²) in [5.74, 6) is 1.03. The predicted molar refractivity (Wildman–Crippen MR) is 90.9 cm³/mol. The van der Waals surface area contributed by atoms with Crippen LogP contribution in [-0.2, 0) is 6.54 Å². The fourth-order valence-electron chi connectivity index (χ4n) is 2.38. The van der Waals surface area contributed by atoms with E-state index in [4.69, 9.17) is 4.74 Å². The molecule has 1 unspecified atom stereocenters. The van der Waals surface area contributed by atoms with E-state index in [-0.39, 0.29) is 0 Å². The molecule has 2 nitrogen and oxygen atoms in total. The number of ether oxygens (including phenoxy) is 1. The van der Waals surface area contributed by atoms with Crippen LogP contribution in [0.3, 0.4) is 0 Å². The van der Waals surface area contributed by atoms with Gasteiger partial charge in [0.1, 0.15) is 5.75 Å². The van der Waals surface area contributed by atoms with E-state index < -0.39 is 0 Å². The lowest BCUT2D eigenvalue weighted by atomic mass is 10.0. The van der Waals surface area contributed by atoms with E-state index >= 15 is 0 Å². The van der Waals surface area contributed by atoms with Crippen molar-refractivity contribution in [3.63, 3.8) is 0 Å². The fraction of sp³-hybridized carbons (Fsp3) is 0.474. The number of fused-ring (bicyclic) bond motifs is 1. The fourth-order valence-corrected chi connectivity index (χ4v) is 2.38. The normalized spacial score (nSPS) is 12.5. The standard InChI is InChI=1S/C19H27NO/c1-4-6-13-21-19-12-11-16-9-7-8-10-17(16)18(19)14-20-15(3)5-2/h7-12,15,20H,4-6,13-14H2,1-3H3. The van der Waals surface area contributed by atoms with Gasteiger partial charge in [0.15, 0.2) is 0 Å². The molecule has 2 aromatic carbocycles. The Morgan fingerprint density at radius 1 is 1.10 bits per heavy atom. The van der Waals surface area contributed by atoms with Gasteiger partial charge in [-0.05, 0) is 36.6 Å². The van der Waals surface area contributed by atoms with Crippen molar-refractivity contribution in [1.29, 1.82) is 0 Å². The number of hydrogen-bond acceptors (Lipinski definition) is 2. The molecule has 0 saturated carbocycles. The molecule has 0 radical (unpaired) electrons. The monoisotopic (exact) mass is 285 g/mol. The highest BCUT2D eigenvalue weighted by atomic mass is 16.5. The van der Waals surface area contributed by atoms with Gasteiger partial charge < -0.3 is 10.1 Å². The van der Waals surface area contributed by atoms with Crippen LogP contribution in [0.1, 0.15) is 45.6 Å². The maximum atomic E-state index is 6.01. The molecule has 2 aromatic rings. The molecule has 114 valence electrons. The highest BCUT2D eigenvalue weighted by molar-refractivity contribution is 5.87. The smallest absolute Gasteiger partial charge is 0.124 e. The van der Waals surface area contributed by atoms with E-state index in [1.165, 1.54) is 16.3 Å².